The first-order valence-electron chi connectivity index (χ1n) is 4.16. The highest BCUT2D eigenvalue weighted by molar-refractivity contribution is 5.31. The fourth-order valence-electron chi connectivity index (χ4n) is 0.840. The molecule has 0 fully saturated rings. The number of methoxy groups -OCH3 is 1. The summed E-state index contributed by atoms with van der Waals surface area (Å²) >= 11 is 0. The molecule has 2 heteroatoms. The highest BCUT2D eigenvalue weighted by Gasteiger charge is 1.92. The summed E-state index contributed by atoms with van der Waals surface area (Å²) in [5, 5.41) is 0. The van der Waals surface area contributed by atoms with E-state index in [0.29, 0.717) is 0 Å². The van der Waals surface area contributed by atoms with Crippen molar-refractivity contribution in [3.63, 3.8) is 0 Å². The van der Waals surface area contributed by atoms with Crippen LogP contribution in [0.25, 0.3) is 0 Å². The van der Waals surface area contributed by atoms with E-state index >= 15 is 0 Å². The zero-order chi connectivity index (χ0) is 9.68. The number of allylic oxidation sites excluding steroid dienone is 1. The van der Waals surface area contributed by atoms with Crippen LogP contribution in [0.3, 0.4) is 0 Å². The Balaban J connectivity index is 2.64. The Morgan fingerprint density at radius 3 is 2.08 bits per heavy atom. The van der Waals surface area contributed by atoms with Gasteiger partial charge in [-0.25, -0.2) is 0 Å². The average Bonchev–Trinajstić information content (AvgIpc) is 2.15. The van der Waals surface area contributed by atoms with Gasteiger partial charge in [-0.05, 0) is 43.7 Å². The predicted octanol–water partition coefficient (Wildman–Crippen LogP) is 3.00. The maximum absolute atomic E-state index is 5.35. The molecule has 13 heavy (non-hydrogen) atoms. The standard InChI is InChI=1S/C11H14O2/c1-9(2)8-13-11-6-4-10(12-3)5-7-11/h4-8H,1-3H3. The lowest BCUT2D eigenvalue weighted by atomic mass is 10.3. The minimum Gasteiger partial charge on any atom is -0.497 e. The van der Waals surface area contributed by atoms with Crippen LogP contribution in [0.2, 0.25) is 0 Å². The Bertz CT molecular complexity index is 281. The molecule has 0 atom stereocenters. The van der Waals surface area contributed by atoms with Crippen molar-refractivity contribution in [1.82, 2.24) is 0 Å². The van der Waals surface area contributed by atoms with Crippen LogP contribution in [0.1, 0.15) is 13.8 Å². The van der Waals surface area contributed by atoms with Crippen LogP contribution < -0.4 is 9.47 Å². The summed E-state index contributed by atoms with van der Waals surface area (Å²) in [7, 11) is 1.64. The zero-order valence-electron chi connectivity index (χ0n) is 8.20. The Labute approximate surface area is 78.8 Å². The molecule has 70 valence electrons. The van der Waals surface area contributed by atoms with E-state index in [1.165, 1.54) is 0 Å². The molecule has 0 radical (unpaired) electrons. The highest BCUT2D eigenvalue weighted by Crippen LogP contribution is 2.17. The molecular weight excluding hydrogens is 164 g/mol. The van der Waals surface area contributed by atoms with Gasteiger partial charge in [0.1, 0.15) is 11.5 Å². The maximum atomic E-state index is 5.35. The van der Waals surface area contributed by atoms with Gasteiger partial charge in [0.25, 0.3) is 0 Å². The van der Waals surface area contributed by atoms with Crippen LogP contribution in [0.15, 0.2) is 36.1 Å². The number of ether oxygens (including phenoxy) is 2. The van der Waals surface area contributed by atoms with Gasteiger partial charge < -0.3 is 9.47 Å². The summed E-state index contributed by atoms with van der Waals surface area (Å²) in [4.78, 5) is 0. The molecule has 0 spiro atoms. The number of hydrogen-bond acceptors (Lipinski definition) is 2. The Hall–Kier alpha value is -1.44. The van der Waals surface area contributed by atoms with E-state index in [4.69, 9.17) is 9.47 Å². The van der Waals surface area contributed by atoms with Crippen molar-refractivity contribution in [3.05, 3.63) is 36.1 Å². The van der Waals surface area contributed by atoms with Gasteiger partial charge in [-0.15, -0.1) is 0 Å². The molecule has 1 aromatic rings. The van der Waals surface area contributed by atoms with Crippen LogP contribution >= 0.6 is 0 Å². The van der Waals surface area contributed by atoms with E-state index in [9.17, 15) is 0 Å². The first-order valence-corrected chi connectivity index (χ1v) is 4.16. The zero-order valence-corrected chi connectivity index (χ0v) is 8.20. The lowest BCUT2D eigenvalue weighted by molar-refractivity contribution is 0.412. The minimum atomic E-state index is 0.821. The molecule has 0 aliphatic carbocycles. The second-order valence-electron chi connectivity index (χ2n) is 2.99. The molecule has 1 aromatic carbocycles. The third kappa shape index (κ3) is 3.20. The van der Waals surface area contributed by atoms with Crippen molar-refractivity contribution in [2.75, 3.05) is 7.11 Å². The fourth-order valence-corrected chi connectivity index (χ4v) is 0.840. The van der Waals surface area contributed by atoms with Crippen LogP contribution in [0.5, 0.6) is 11.5 Å². The second kappa shape index (κ2) is 4.55. The summed E-state index contributed by atoms with van der Waals surface area (Å²) in [5.41, 5.74) is 1.14. The fraction of sp³-hybridized carbons (Fsp3) is 0.273. The number of benzene rings is 1. The maximum Gasteiger partial charge on any atom is 0.126 e. The topological polar surface area (TPSA) is 18.5 Å². The van der Waals surface area contributed by atoms with Crippen molar-refractivity contribution >= 4 is 0 Å². The summed E-state index contributed by atoms with van der Waals surface area (Å²) in [5.74, 6) is 1.66. The summed E-state index contributed by atoms with van der Waals surface area (Å²) in [6.07, 6.45) is 1.72. The summed E-state index contributed by atoms with van der Waals surface area (Å²) < 4.78 is 10.4. The molecule has 0 saturated carbocycles. The van der Waals surface area contributed by atoms with Gasteiger partial charge in [-0.1, -0.05) is 0 Å². The van der Waals surface area contributed by atoms with Gasteiger partial charge in [-0.3, -0.25) is 0 Å². The Morgan fingerprint density at radius 1 is 1.08 bits per heavy atom. The SMILES string of the molecule is COc1ccc(OC=C(C)C)cc1. The van der Waals surface area contributed by atoms with Crippen molar-refractivity contribution < 1.29 is 9.47 Å². The molecule has 0 bridgehead atoms. The monoisotopic (exact) mass is 178 g/mol. The largest absolute Gasteiger partial charge is 0.497 e. The Kier molecular flexibility index (Phi) is 3.38. The number of hydrogen-bond donors (Lipinski definition) is 0. The molecule has 0 amide bonds. The molecule has 1 rings (SSSR count). The molecular formula is C11H14O2. The highest BCUT2D eigenvalue weighted by atomic mass is 16.5. The van der Waals surface area contributed by atoms with E-state index < -0.39 is 0 Å². The van der Waals surface area contributed by atoms with Crippen LogP contribution in [0, 0.1) is 0 Å². The van der Waals surface area contributed by atoms with E-state index in [-0.39, 0.29) is 0 Å². The van der Waals surface area contributed by atoms with Crippen LogP contribution in [0.4, 0.5) is 0 Å². The molecule has 0 heterocycles. The third-order valence-electron chi connectivity index (χ3n) is 1.49. The molecule has 0 unspecified atom stereocenters. The van der Waals surface area contributed by atoms with Crippen LogP contribution in [-0.2, 0) is 0 Å². The summed E-state index contributed by atoms with van der Waals surface area (Å²) in [6.45, 7) is 3.98. The molecule has 0 saturated heterocycles. The Morgan fingerprint density at radius 2 is 1.62 bits per heavy atom. The first-order chi connectivity index (χ1) is 6.22. The van der Waals surface area contributed by atoms with Gasteiger partial charge >= 0.3 is 0 Å². The second-order valence-corrected chi connectivity index (χ2v) is 2.99. The van der Waals surface area contributed by atoms with E-state index in [1.54, 1.807) is 13.4 Å². The quantitative estimate of drug-likeness (QED) is 0.662. The predicted molar refractivity (Wildman–Crippen MR) is 53.1 cm³/mol. The molecule has 0 aromatic heterocycles. The normalized spacial score (nSPS) is 9.15. The summed E-state index contributed by atoms with van der Waals surface area (Å²) in [6, 6.07) is 7.48. The van der Waals surface area contributed by atoms with Gasteiger partial charge in [0, 0.05) is 0 Å². The van der Waals surface area contributed by atoms with Gasteiger partial charge in [0.15, 0.2) is 0 Å². The molecule has 0 aliphatic heterocycles. The van der Waals surface area contributed by atoms with Crippen molar-refractivity contribution in [1.29, 1.82) is 0 Å². The van der Waals surface area contributed by atoms with Crippen molar-refractivity contribution in [3.8, 4) is 11.5 Å². The number of rotatable bonds is 3. The molecule has 2 nitrogen and oxygen atoms in total. The minimum absolute atomic E-state index is 0.821. The van der Waals surface area contributed by atoms with Gasteiger partial charge in [0.2, 0.25) is 0 Å². The van der Waals surface area contributed by atoms with Crippen molar-refractivity contribution in [2.45, 2.75) is 13.8 Å². The third-order valence-corrected chi connectivity index (χ3v) is 1.49. The van der Waals surface area contributed by atoms with Crippen molar-refractivity contribution in [2.24, 2.45) is 0 Å². The van der Waals surface area contributed by atoms with Gasteiger partial charge in [0.05, 0.1) is 13.4 Å². The lowest BCUT2D eigenvalue weighted by Crippen LogP contribution is -1.85. The van der Waals surface area contributed by atoms with E-state index in [2.05, 4.69) is 0 Å². The first kappa shape index (κ1) is 9.65. The van der Waals surface area contributed by atoms with Gasteiger partial charge in [-0.2, -0.15) is 0 Å². The van der Waals surface area contributed by atoms with E-state index in [0.717, 1.165) is 17.1 Å². The van der Waals surface area contributed by atoms with E-state index in [1.807, 2.05) is 38.1 Å². The molecule has 0 N–H and O–H groups in total. The smallest absolute Gasteiger partial charge is 0.126 e. The van der Waals surface area contributed by atoms with Crippen LogP contribution in [-0.4, -0.2) is 7.11 Å². The molecule has 0 aliphatic rings. The average molecular weight is 178 g/mol. The lowest BCUT2D eigenvalue weighted by Gasteiger charge is -2.02.